The van der Waals surface area contributed by atoms with Gasteiger partial charge in [-0.1, -0.05) is 0 Å². The molecule has 1 N–H and O–H groups in total. The molecule has 9 heavy (non-hydrogen) atoms. The second-order valence-electron chi connectivity index (χ2n) is 3.37. The maximum Gasteiger partial charge on any atom is 0.0581 e. The van der Waals surface area contributed by atoms with Crippen molar-refractivity contribution in [3.8, 4) is 0 Å². The van der Waals surface area contributed by atoms with Crippen molar-refractivity contribution in [2.24, 2.45) is 11.8 Å². The number of fused-ring (bicyclic) bond motifs is 2. The molecule has 2 aliphatic carbocycles. The van der Waals surface area contributed by atoms with Crippen LogP contribution in [0.2, 0.25) is 0 Å². The van der Waals surface area contributed by atoms with E-state index in [1.807, 2.05) is 0 Å². The Morgan fingerprint density at radius 1 is 1.22 bits per heavy atom. The van der Waals surface area contributed by atoms with E-state index in [0.29, 0.717) is 11.2 Å². The van der Waals surface area contributed by atoms with E-state index in [1.54, 1.807) is 0 Å². The van der Waals surface area contributed by atoms with Gasteiger partial charge in [0.1, 0.15) is 0 Å². The predicted octanol–water partition coefficient (Wildman–Crippen LogP) is 1.08. The van der Waals surface area contributed by atoms with Crippen molar-refractivity contribution in [1.29, 1.82) is 0 Å². The topological polar surface area (TPSA) is 20.2 Å². The molecular weight excluding hydrogens is 132 g/mol. The van der Waals surface area contributed by atoms with Gasteiger partial charge in [0.15, 0.2) is 0 Å². The molecule has 2 saturated carbocycles. The van der Waals surface area contributed by atoms with E-state index in [9.17, 15) is 5.11 Å². The molecule has 0 amide bonds. The van der Waals surface area contributed by atoms with Gasteiger partial charge in [0.05, 0.1) is 6.10 Å². The van der Waals surface area contributed by atoms with E-state index in [0.717, 1.165) is 12.3 Å². The quantitative estimate of drug-likeness (QED) is 0.487. The summed E-state index contributed by atoms with van der Waals surface area (Å²) in [5.74, 6) is 1.32. The molecule has 0 radical (unpaired) electrons. The molecule has 0 aromatic rings. The Morgan fingerprint density at radius 2 is 2.00 bits per heavy atom. The standard InChI is InChI=1S/C7H12OS/c8-6-2-4-1-5(6)7(9)3-4/h4-9H,1-3H2/t4-,5+,6+,7+/m0/s1. The lowest BCUT2D eigenvalue weighted by atomic mass is 9.97. The summed E-state index contributed by atoms with van der Waals surface area (Å²) >= 11 is 4.40. The van der Waals surface area contributed by atoms with Crippen LogP contribution >= 0.6 is 12.6 Å². The Bertz CT molecular complexity index is 114. The fraction of sp³-hybridized carbons (Fsp3) is 1.00. The first-order valence-corrected chi connectivity index (χ1v) is 4.15. The van der Waals surface area contributed by atoms with Crippen molar-refractivity contribution < 1.29 is 5.11 Å². The van der Waals surface area contributed by atoms with Gasteiger partial charge in [0.2, 0.25) is 0 Å². The molecule has 2 aliphatic rings. The van der Waals surface area contributed by atoms with Gasteiger partial charge in [-0.2, -0.15) is 12.6 Å². The van der Waals surface area contributed by atoms with Gasteiger partial charge in [-0.25, -0.2) is 0 Å². The molecule has 1 nitrogen and oxygen atoms in total. The van der Waals surface area contributed by atoms with Gasteiger partial charge in [0.25, 0.3) is 0 Å². The molecule has 0 heterocycles. The molecule has 0 aromatic heterocycles. The molecule has 0 aromatic carbocycles. The second kappa shape index (κ2) is 1.89. The zero-order chi connectivity index (χ0) is 6.43. The monoisotopic (exact) mass is 144 g/mol. The fourth-order valence-electron chi connectivity index (χ4n) is 2.28. The van der Waals surface area contributed by atoms with Gasteiger partial charge in [-0.3, -0.25) is 0 Å². The third-order valence-corrected chi connectivity index (χ3v) is 3.34. The van der Waals surface area contributed by atoms with Gasteiger partial charge < -0.3 is 5.11 Å². The first-order chi connectivity index (χ1) is 4.27. The van der Waals surface area contributed by atoms with Crippen molar-refractivity contribution in [1.82, 2.24) is 0 Å². The minimum absolute atomic E-state index is 0.0220. The van der Waals surface area contributed by atoms with Gasteiger partial charge in [0, 0.05) is 5.25 Å². The maximum atomic E-state index is 9.34. The SMILES string of the molecule is O[C@@H]1C[C@@H]2C[C@H]1[C@H](S)C2. The van der Waals surface area contributed by atoms with Crippen molar-refractivity contribution in [2.75, 3.05) is 0 Å². The molecule has 2 bridgehead atoms. The largest absolute Gasteiger partial charge is 0.393 e. The Labute approximate surface area is 60.9 Å². The molecular formula is C7H12OS. The highest BCUT2D eigenvalue weighted by molar-refractivity contribution is 7.81. The third kappa shape index (κ3) is 0.802. The van der Waals surface area contributed by atoms with E-state index in [2.05, 4.69) is 12.6 Å². The number of rotatable bonds is 0. The van der Waals surface area contributed by atoms with E-state index < -0.39 is 0 Å². The lowest BCUT2D eigenvalue weighted by Gasteiger charge is -2.21. The van der Waals surface area contributed by atoms with Crippen LogP contribution in [0.5, 0.6) is 0 Å². The van der Waals surface area contributed by atoms with Crippen LogP contribution in [0.4, 0.5) is 0 Å². The molecule has 4 atom stereocenters. The molecule has 0 unspecified atom stereocenters. The van der Waals surface area contributed by atoms with E-state index >= 15 is 0 Å². The highest BCUT2D eigenvalue weighted by atomic mass is 32.1. The number of aliphatic hydroxyl groups excluding tert-OH is 1. The zero-order valence-electron chi connectivity index (χ0n) is 5.33. The lowest BCUT2D eigenvalue weighted by Crippen LogP contribution is -2.24. The van der Waals surface area contributed by atoms with Gasteiger partial charge in [-0.15, -0.1) is 0 Å². The van der Waals surface area contributed by atoms with Crippen LogP contribution in [-0.2, 0) is 0 Å². The van der Waals surface area contributed by atoms with Crippen LogP contribution in [0, 0.1) is 11.8 Å². The molecule has 0 spiro atoms. The fourth-order valence-corrected chi connectivity index (χ4v) is 2.90. The van der Waals surface area contributed by atoms with Gasteiger partial charge in [-0.05, 0) is 31.1 Å². The van der Waals surface area contributed by atoms with Crippen LogP contribution in [-0.4, -0.2) is 16.5 Å². The molecule has 0 aliphatic heterocycles. The van der Waals surface area contributed by atoms with Crippen LogP contribution in [0.3, 0.4) is 0 Å². The van der Waals surface area contributed by atoms with Crippen molar-refractivity contribution in [3.05, 3.63) is 0 Å². The van der Waals surface area contributed by atoms with E-state index in [4.69, 9.17) is 0 Å². The van der Waals surface area contributed by atoms with Crippen LogP contribution in [0.15, 0.2) is 0 Å². The number of aliphatic hydroxyl groups is 1. The zero-order valence-corrected chi connectivity index (χ0v) is 6.22. The summed E-state index contributed by atoms with van der Waals surface area (Å²) in [7, 11) is 0. The van der Waals surface area contributed by atoms with Crippen LogP contribution in [0.25, 0.3) is 0 Å². The smallest absolute Gasteiger partial charge is 0.0581 e. The summed E-state index contributed by atoms with van der Waals surface area (Å²) < 4.78 is 0. The summed E-state index contributed by atoms with van der Waals surface area (Å²) in [5, 5.41) is 9.84. The summed E-state index contributed by atoms with van der Waals surface area (Å²) in [5.41, 5.74) is 0. The molecule has 2 rings (SSSR count). The third-order valence-electron chi connectivity index (χ3n) is 2.74. The Balaban J connectivity index is 2.13. The lowest BCUT2D eigenvalue weighted by molar-refractivity contribution is 0.117. The van der Waals surface area contributed by atoms with Crippen LogP contribution in [0.1, 0.15) is 19.3 Å². The van der Waals surface area contributed by atoms with Crippen molar-refractivity contribution in [2.45, 2.75) is 30.6 Å². The molecule has 2 heteroatoms. The first kappa shape index (κ1) is 6.05. The van der Waals surface area contributed by atoms with Gasteiger partial charge >= 0.3 is 0 Å². The van der Waals surface area contributed by atoms with Crippen LogP contribution < -0.4 is 0 Å². The normalized spacial score (nSPS) is 56.7. The number of hydrogen-bond acceptors (Lipinski definition) is 2. The highest BCUT2D eigenvalue weighted by Gasteiger charge is 2.43. The second-order valence-corrected chi connectivity index (χ2v) is 4.03. The number of hydrogen-bond donors (Lipinski definition) is 2. The summed E-state index contributed by atoms with van der Waals surface area (Å²) in [6.07, 6.45) is 3.49. The predicted molar refractivity (Wildman–Crippen MR) is 39.6 cm³/mol. The Morgan fingerprint density at radius 3 is 2.33 bits per heavy atom. The summed E-state index contributed by atoms with van der Waals surface area (Å²) in [6.45, 7) is 0. The Hall–Kier alpha value is 0.310. The van der Waals surface area contributed by atoms with E-state index in [-0.39, 0.29) is 6.10 Å². The average molecular weight is 144 g/mol. The summed E-state index contributed by atoms with van der Waals surface area (Å²) in [6, 6.07) is 0. The maximum absolute atomic E-state index is 9.34. The van der Waals surface area contributed by atoms with Crippen molar-refractivity contribution in [3.63, 3.8) is 0 Å². The van der Waals surface area contributed by atoms with Crippen molar-refractivity contribution >= 4 is 12.6 Å². The minimum Gasteiger partial charge on any atom is -0.393 e. The first-order valence-electron chi connectivity index (χ1n) is 3.63. The number of thiol groups is 1. The highest BCUT2D eigenvalue weighted by Crippen LogP contribution is 2.46. The average Bonchev–Trinajstić information content (AvgIpc) is 2.22. The minimum atomic E-state index is -0.0220. The molecule has 0 saturated heterocycles. The summed E-state index contributed by atoms with van der Waals surface area (Å²) in [4.78, 5) is 0. The van der Waals surface area contributed by atoms with E-state index in [1.165, 1.54) is 12.8 Å². The molecule has 52 valence electrons. The Kier molecular flexibility index (Phi) is 1.27. The molecule has 2 fully saturated rings.